The predicted octanol–water partition coefficient (Wildman–Crippen LogP) is 3.34. The van der Waals surface area contributed by atoms with Crippen LogP contribution in [-0.2, 0) is 0 Å². The Morgan fingerprint density at radius 2 is 2.19 bits per heavy atom. The second kappa shape index (κ2) is 6.07. The molecule has 1 aliphatic heterocycles. The number of para-hydroxylation sites is 1. The van der Waals surface area contributed by atoms with Crippen LogP contribution in [0.4, 0.5) is 0 Å². The fourth-order valence-corrected chi connectivity index (χ4v) is 3.27. The van der Waals surface area contributed by atoms with Crippen LogP contribution in [0.2, 0.25) is 0 Å². The first-order valence-electron chi connectivity index (χ1n) is 7.11. The summed E-state index contributed by atoms with van der Waals surface area (Å²) in [5, 5.41) is 4.04. The molecule has 3 rings (SSSR count). The van der Waals surface area contributed by atoms with E-state index in [2.05, 4.69) is 30.1 Å². The molecular formula is C15H19N3O2S. The highest BCUT2D eigenvalue weighted by atomic mass is 32.2. The van der Waals surface area contributed by atoms with Crippen molar-refractivity contribution < 1.29 is 9.26 Å². The van der Waals surface area contributed by atoms with E-state index >= 15 is 0 Å². The van der Waals surface area contributed by atoms with E-state index in [9.17, 15) is 0 Å². The highest BCUT2D eigenvalue weighted by Gasteiger charge is 2.27. The van der Waals surface area contributed by atoms with Gasteiger partial charge in [-0.3, -0.25) is 0 Å². The monoisotopic (exact) mass is 305 g/mol. The SMILES string of the molecule is CC(C)C[C@@H](N)c1nc(C2CSc3ccccc3O2)no1. The van der Waals surface area contributed by atoms with Gasteiger partial charge in [-0.15, -0.1) is 11.8 Å². The summed E-state index contributed by atoms with van der Waals surface area (Å²) < 4.78 is 11.2. The average Bonchev–Trinajstić information content (AvgIpc) is 2.96. The van der Waals surface area contributed by atoms with E-state index in [-0.39, 0.29) is 12.1 Å². The number of aromatic nitrogens is 2. The molecule has 6 heteroatoms. The quantitative estimate of drug-likeness (QED) is 0.933. The molecule has 0 saturated carbocycles. The van der Waals surface area contributed by atoms with Crippen molar-refractivity contribution in [1.29, 1.82) is 0 Å². The van der Waals surface area contributed by atoms with Crippen LogP contribution in [0.3, 0.4) is 0 Å². The van der Waals surface area contributed by atoms with Gasteiger partial charge in [-0.2, -0.15) is 4.98 Å². The van der Waals surface area contributed by atoms with Gasteiger partial charge >= 0.3 is 0 Å². The molecule has 2 atom stereocenters. The van der Waals surface area contributed by atoms with Gasteiger partial charge in [-0.05, 0) is 24.5 Å². The summed E-state index contributed by atoms with van der Waals surface area (Å²) in [5.41, 5.74) is 6.07. The largest absolute Gasteiger partial charge is 0.480 e. The smallest absolute Gasteiger partial charge is 0.243 e. The number of benzene rings is 1. The van der Waals surface area contributed by atoms with Crippen molar-refractivity contribution in [1.82, 2.24) is 10.1 Å². The molecule has 1 unspecified atom stereocenters. The van der Waals surface area contributed by atoms with Gasteiger partial charge in [0.25, 0.3) is 0 Å². The molecule has 2 N–H and O–H groups in total. The molecule has 2 heterocycles. The Morgan fingerprint density at radius 3 is 3.00 bits per heavy atom. The first kappa shape index (κ1) is 14.4. The predicted molar refractivity (Wildman–Crippen MR) is 81.2 cm³/mol. The lowest BCUT2D eigenvalue weighted by Gasteiger charge is -2.22. The lowest BCUT2D eigenvalue weighted by atomic mass is 10.0. The van der Waals surface area contributed by atoms with Crippen LogP contribution in [0.25, 0.3) is 0 Å². The van der Waals surface area contributed by atoms with Crippen LogP contribution in [0.1, 0.15) is 44.1 Å². The van der Waals surface area contributed by atoms with Crippen LogP contribution in [0.15, 0.2) is 33.7 Å². The molecule has 0 aliphatic carbocycles. The molecule has 112 valence electrons. The number of nitrogens with two attached hydrogens (primary N) is 1. The first-order valence-corrected chi connectivity index (χ1v) is 8.09. The van der Waals surface area contributed by atoms with Gasteiger partial charge in [-0.1, -0.05) is 31.1 Å². The van der Waals surface area contributed by atoms with Crippen molar-refractivity contribution in [3.8, 4) is 5.75 Å². The van der Waals surface area contributed by atoms with Crippen molar-refractivity contribution in [3.63, 3.8) is 0 Å². The van der Waals surface area contributed by atoms with E-state index in [1.165, 1.54) is 0 Å². The molecule has 0 radical (unpaired) electrons. The number of ether oxygens (including phenoxy) is 1. The minimum Gasteiger partial charge on any atom is -0.480 e. The van der Waals surface area contributed by atoms with Crippen LogP contribution in [-0.4, -0.2) is 15.9 Å². The van der Waals surface area contributed by atoms with E-state index in [4.69, 9.17) is 15.0 Å². The van der Waals surface area contributed by atoms with Gasteiger partial charge in [-0.25, -0.2) is 0 Å². The van der Waals surface area contributed by atoms with Crippen LogP contribution >= 0.6 is 11.8 Å². The molecular weight excluding hydrogens is 286 g/mol. The van der Waals surface area contributed by atoms with Crippen LogP contribution < -0.4 is 10.5 Å². The Hall–Kier alpha value is -1.53. The summed E-state index contributed by atoms with van der Waals surface area (Å²) in [6, 6.07) is 7.76. The van der Waals surface area contributed by atoms with Gasteiger partial charge in [0, 0.05) is 10.6 Å². The molecule has 0 amide bonds. The molecule has 1 aromatic carbocycles. The van der Waals surface area contributed by atoms with Crippen molar-refractivity contribution in [3.05, 3.63) is 36.0 Å². The molecule has 0 saturated heterocycles. The first-order chi connectivity index (χ1) is 10.1. The normalized spacial score (nSPS) is 19.1. The number of nitrogens with zero attached hydrogens (tertiary/aromatic N) is 2. The van der Waals surface area contributed by atoms with Crippen LogP contribution in [0, 0.1) is 5.92 Å². The number of fused-ring (bicyclic) bond motifs is 1. The Bertz CT molecular complexity index is 614. The van der Waals surface area contributed by atoms with Gasteiger partial charge in [0.15, 0.2) is 6.10 Å². The average molecular weight is 305 g/mol. The van der Waals surface area contributed by atoms with E-state index < -0.39 is 0 Å². The van der Waals surface area contributed by atoms with Gasteiger partial charge in [0.2, 0.25) is 11.7 Å². The fourth-order valence-electron chi connectivity index (χ4n) is 2.28. The topological polar surface area (TPSA) is 74.2 Å². The lowest BCUT2D eigenvalue weighted by molar-refractivity contribution is 0.204. The summed E-state index contributed by atoms with van der Waals surface area (Å²) in [4.78, 5) is 5.57. The third-order valence-corrected chi connectivity index (χ3v) is 4.41. The number of thioether (sulfide) groups is 1. The van der Waals surface area contributed by atoms with E-state index in [0.29, 0.717) is 17.6 Å². The zero-order valence-electron chi connectivity index (χ0n) is 12.2. The van der Waals surface area contributed by atoms with Crippen LogP contribution in [0.5, 0.6) is 5.75 Å². The molecule has 2 aromatic rings. The Kier molecular flexibility index (Phi) is 4.17. The standard InChI is InChI=1S/C15H19N3O2S/c1-9(2)7-10(16)15-17-14(18-20-15)12-8-21-13-6-4-3-5-11(13)19-12/h3-6,9-10,12H,7-8,16H2,1-2H3/t10-,12?/m1/s1. The maximum absolute atomic E-state index is 6.07. The lowest BCUT2D eigenvalue weighted by Crippen LogP contribution is -2.17. The van der Waals surface area contributed by atoms with Gasteiger partial charge in [0.1, 0.15) is 5.75 Å². The third-order valence-electron chi connectivity index (χ3n) is 3.30. The van der Waals surface area contributed by atoms with Gasteiger partial charge in [0.05, 0.1) is 6.04 Å². The number of hydrogen-bond acceptors (Lipinski definition) is 6. The summed E-state index contributed by atoms with van der Waals surface area (Å²) >= 11 is 1.74. The summed E-state index contributed by atoms with van der Waals surface area (Å²) in [5.74, 6) is 3.20. The summed E-state index contributed by atoms with van der Waals surface area (Å²) in [6.45, 7) is 4.24. The molecule has 0 fully saturated rings. The van der Waals surface area contributed by atoms with Crippen molar-refractivity contribution in [2.45, 2.75) is 37.3 Å². The van der Waals surface area contributed by atoms with Crippen molar-refractivity contribution >= 4 is 11.8 Å². The Balaban J connectivity index is 1.73. The summed E-state index contributed by atoms with van der Waals surface area (Å²) in [7, 11) is 0. The summed E-state index contributed by atoms with van der Waals surface area (Å²) in [6.07, 6.45) is 0.638. The molecule has 5 nitrogen and oxygen atoms in total. The zero-order valence-corrected chi connectivity index (χ0v) is 13.0. The molecule has 1 aromatic heterocycles. The van der Waals surface area contributed by atoms with E-state index in [1.54, 1.807) is 11.8 Å². The van der Waals surface area contributed by atoms with E-state index in [1.807, 2.05) is 18.2 Å². The Morgan fingerprint density at radius 1 is 1.38 bits per heavy atom. The van der Waals surface area contributed by atoms with E-state index in [0.717, 1.165) is 22.8 Å². The van der Waals surface area contributed by atoms with Gasteiger partial charge < -0.3 is 15.0 Å². The minimum atomic E-state index is -0.213. The maximum atomic E-state index is 6.07. The highest BCUT2D eigenvalue weighted by molar-refractivity contribution is 7.99. The molecule has 21 heavy (non-hydrogen) atoms. The highest BCUT2D eigenvalue weighted by Crippen LogP contribution is 2.39. The third kappa shape index (κ3) is 3.22. The minimum absolute atomic E-state index is 0.186. The number of rotatable bonds is 4. The van der Waals surface area contributed by atoms with Crippen molar-refractivity contribution in [2.75, 3.05) is 5.75 Å². The number of hydrogen-bond donors (Lipinski definition) is 1. The maximum Gasteiger partial charge on any atom is 0.243 e. The molecule has 0 spiro atoms. The second-order valence-electron chi connectivity index (χ2n) is 5.59. The second-order valence-corrected chi connectivity index (χ2v) is 6.65. The van der Waals surface area contributed by atoms with Crippen molar-refractivity contribution in [2.24, 2.45) is 11.7 Å². The molecule has 0 bridgehead atoms. The zero-order chi connectivity index (χ0) is 14.8. The Labute approximate surface area is 128 Å². The molecule has 1 aliphatic rings. The fraction of sp³-hybridized carbons (Fsp3) is 0.467.